The number of benzene rings is 2. The minimum absolute atomic E-state index is 0.0705. The third-order valence-electron chi connectivity index (χ3n) is 5.30. The Labute approximate surface area is 192 Å². The lowest BCUT2D eigenvalue weighted by molar-refractivity contribution is -0.113. The number of rotatable bonds is 8. The molecule has 162 valence electrons. The van der Waals surface area contributed by atoms with Gasteiger partial charge in [-0.05, 0) is 48.2 Å². The van der Waals surface area contributed by atoms with E-state index in [-0.39, 0.29) is 11.7 Å². The van der Waals surface area contributed by atoms with Gasteiger partial charge in [-0.3, -0.25) is 14.3 Å². The molecular formula is C25H25N5OS. The summed E-state index contributed by atoms with van der Waals surface area (Å²) in [6.07, 6.45) is 4.47. The second-order valence-corrected chi connectivity index (χ2v) is 8.39. The van der Waals surface area contributed by atoms with E-state index in [9.17, 15) is 4.79 Å². The molecule has 0 aliphatic carbocycles. The first-order chi connectivity index (χ1) is 15.7. The number of carbonyl (C=O) groups is 1. The molecule has 2 aromatic heterocycles. The molecule has 1 atom stereocenters. The molecule has 32 heavy (non-hydrogen) atoms. The molecule has 0 saturated heterocycles. The highest BCUT2D eigenvalue weighted by Crippen LogP contribution is 2.29. The quantitative estimate of drug-likeness (QED) is 0.360. The van der Waals surface area contributed by atoms with Crippen molar-refractivity contribution in [1.82, 2.24) is 19.7 Å². The van der Waals surface area contributed by atoms with Crippen molar-refractivity contribution in [3.8, 4) is 17.1 Å². The maximum atomic E-state index is 12.8. The predicted octanol–water partition coefficient (Wildman–Crippen LogP) is 5.57. The van der Waals surface area contributed by atoms with Crippen LogP contribution in [0.15, 0.2) is 84.3 Å². The van der Waals surface area contributed by atoms with Crippen LogP contribution < -0.4 is 5.32 Å². The van der Waals surface area contributed by atoms with Crippen LogP contribution in [0.2, 0.25) is 0 Å². The number of aromatic nitrogens is 4. The number of hydrogen-bond donors (Lipinski definition) is 1. The summed E-state index contributed by atoms with van der Waals surface area (Å²) in [6, 6.07) is 21.7. The molecule has 0 radical (unpaired) electrons. The van der Waals surface area contributed by atoms with E-state index in [1.807, 2.05) is 65.2 Å². The molecule has 4 rings (SSSR count). The number of thioether (sulfide) groups is 1. The average Bonchev–Trinajstić information content (AvgIpc) is 3.28. The van der Waals surface area contributed by atoms with Crippen molar-refractivity contribution in [2.75, 3.05) is 11.1 Å². The molecule has 4 aromatic rings. The van der Waals surface area contributed by atoms with Gasteiger partial charge < -0.3 is 5.32 Å². The van der Waals surface area contributed by atoms with Gasteiger partial charge in [-0.2, -0.15) is 0 Å². The maximum Gasteiger partial charge on any atom is 0.234 e. The minimum Gasteiger partial charge on any atom is -0.325 e. The summed E-state index contributed by atoms with van der Waals surface area (Å²) in [5.41, 5.74) is 3.87. The third kappa shape index (κ3) is 4.89. The zero-order valence-corrected chi connectivity index (χ0v) is 18.9. The van der Waals surface area contributed by atoms with Crippen LogP contribution in [0.1, 0.15) is 31.7 Å². The zero-order chi connectivity index (χ0) is 22.3. The Hall–Kier alpha value is -3.45. The molecule has 1 amide bonds. The Morgan fingerprint density at radius 3 is 2.47 bits per heavy atom. The lowest BCUT2D eigenvalue weighted by Crippen LogP contribution is -2.16. The Bertz CT molecular complexity index is 1180. The molecule has 2 aromatic carbocycles. The minimum atomic E-state index is -0.0705. The molecule has 6 nitrogen and oxygen atoms in total. The summed E-state index contributed by atoms with van der Waals surface area (Å²) in [5, 5.41) is 12.5. The van der Waals surface area contributed by atoms with Crippen LogP contribution in [0.3, 0.4) is 0 Å². The van der Waals surface area contributed by atoms with Gasteiger partial charge in [-0.1, -0.05) is 62.0 Å². The number of para-hydroxylation sites is 2. The first-order valence-corrected chi connectivity index (χ1v) is 11.6. The van der Waals surface area contributed by atoms with Crippen molar-refractivity contribution in [3.63, 3.8) is 0 Å². The van der Waals surface area contributed by atoms with E-state index in [1.54, 1.807) is 12.4 Å². The summed E-state index contributed by atoms with van der Waals surface area (Å²) >= 11 is 1.37. The fourth-order valence-electron chi connectivity index (χ4n) is 3.44. The van der Waals surface area contributed by atoms with E-state index in [0.717, 1.165) is 28.9 Å². The Morgan fingerprint density at radius 1 is 1.00 bits per heavy atom. The summed E-state index contributed by atoms with van der Waals surface area (Å²) in [5.74, 6) is 1.25. The lowest BCUT2D eigenvalue weighted by atomic mass is 9.97. The lowest BCUT2D eigenvalue weighted by Gasteiger charge is -2.15. The monoisotopic (exact) mass is 443 g/mol. The molecule has 0 aliphatic rings. The van der Waals surface area contributed by atoms with E-state index in [1.165, 1.54) is 11.8 Å². The average molecular weight is 444 g/mol. The van der Waals surface area contributed by atoms with Crippen LogP contribution in [0.25, 0.3) is 17.1 Å². The van der Waals surface area contributed by atoms with Crippen LogP contribution >= 0.6 is 11.8 Å². The highest BCUT2D eigenvalue weighted by atomic mass is 32.2. The van der Waals surface area contributed by atoms with Gasteiger partial charge in [0.1, 0.15) is 0 Å². The number of nitrogens with one attached hydrogen (secondary N) is 1. The molecule has 2 heterocycles. The molecule has 0 spiro atoms. The molecule has 0 saturated carbocycles. The standard InChI is InChI=1S/C25H25N5OS/c1-3-18(2)21-11-7-8-12-22(21)27-23(31)17-32-25-29-28-24(19-13-15-26-16-14-19)30(25)20-9-5-4-6-10-20/h4-16,18H,3,17H2,1-2H3,(H,27,31). The van der Waals surface area contributed by atoms with Gasteiger partial charge in [0.05, 0.1) is 5.75 Å². The highest BCUT2D eigenvalue weighted by molar-refractivity contribution is 7.99. The topological polar surface area (TPSA) is 72.7 Å². The van der Waals surface area contributed by atoms with Gasteiger partial charge in [0.2, 0.25) is 5.91 Å². The number of nitrogens with zero attached hydrogens (tertiary/aromatic N) is 4. The number of anilines is 1. The van der Waals surface area contributed by atoms with E-state index in [2.05, 4.69) is 40.4 Å². The fourth-order valence-corrected chi connectivity index (χ4v) is 4.19. The Balaban J connectivity index is 1.56. The van der Waals surface area contributed by atoms with Crippen molar-refractivity contribution in [2.45, 2.75) is 31.3 Å². The van der Waals surface area contributed by atoms with Gasteiger partial charge in [-0.25, -0.2) is 0 Å². The summed E-state index contributed by atoms with van der Waals surface area (Å²) < 4.78 is 1.97. The molecule has 0 aliphatic heterocycles. The van der Waals surface area contributed by atoms with Crippen molar-refractivity contribution >= 4 is 23.4 Å². The second kappa shape index (κ2) is 10.2. The van der Waals surface area contributed by atoms with Crippen molar-refractivity contribution in [3.05, 3.63) is 84.7 Å². The van der Waals surface area contributed by atoms with Crippen LogP contribution in [0.4, 0.5) is 5.69 Å². The smallest absolute Gasteiger partial charge is 0.234 e. The van der Waals surface area contributed by atoms with Gasteiger partial charge in [0, 0.05) is 29.3 Å². The fraction of sp³-hybridized carbons (Fsp3) is 0.200. The summed E-state index contributed by atoms with van der Waals surface area (Å²) in [4.78, 5) is 16.9. The van der Waals surface area contributed by atoms with Crippen LogP contribution in [-0.4, -0.2) is 31.4 Å². The molecule has 0 fully saturated rings. The van der Waals surface area contributed by atoms with Crippen LogP contribution in [0.5, 0.6) is 0 Å². The van der Waals surface area contributed by atoms with Gasteiger partial charge in [-0.15, -0.1) is 10.2 Å². The largest absolute Gasteiger partial charge is 0.325 e. The van der Waals surface area contributed by atoms with E-state index >= 15 is 0 Å². The summed E-state index contributed by atoms with van der Waals surface area (Å²) in [7, 11) is 0. The number of carbonyl (C=O) groups excluding carboxylic acids is 1. The second-order valence-electron chi connectivity index (χ2n) is 7.45. The van der Waals surface area contributed by atoms with Gasteiger partial charge in [0.15, 0.2) is 11.0 Å². The maximum absolute atomic E-state index is 12.8. The van der Waals surface area contributed by atoms with Gasteiger partial charge in [0.25, 0.3) is 0 Å². The van der Waals surface area contributed by atoms with E-state index in [0.29, 0.717) is 16.9 Å². The predicted molar refractivity (Wildman–Crippen MR) is 129 cm³/mol. The number of amides is 1. The van der Waals surface area contributed by atoms with Crippen LogP contribution in [0, 0.1) is 0 Å². The van der Waals surface area contributed by atoms with E-state index < -0.39 is 0 Å². The number of pyridine rings is 1. The summed E-state index contributed by atoms with van der Waals surface area (Å²) in [6.45, 7) is 4.32. The zero-order valence-electron chi connectivity index (χ0n) is 18.1. The van der Waals surface area contributed by atoms with Crippen molar-refractivity contribution < 1.29 is 4.79 Å². The Morgan fingerprint density at radius 2 is 1.72 bits per heavy atom. The normalized spacial score (nSPS) is 11.8. The molecule has 1 N–H and O–H groups in total. The first-order valence-electron chi connectivity index (χ1n) is 10.6. The Kier molecular flexibility index (Phi) is 6.97. The molecule has 1 unspecified atom stereocenters. The van der Waals surface area contributed by atoms with Gasteiger partial charge >= 0.3 is 0 Å². The van der Waals surface area contributed by atoms with Crippen LogP contribution in [-0.2, 0) is 4.79 Å². The van der Waals surface area contributed by atoms with E-state index in [4.69, 9.17) is 0 Å². The number of hydrogen-bond acceptors (Lipinski definition) is 5. The first kappa shape index (κ1) is 21.8. The van der Waals surface area contributed by atoms with Crippen molar-refractivity contribution in [2.24, 2.45) is 0 Å². The SMILES string of the molecule is CCC(C)c1ccccc1NC(=O)CSc1nnc(-c2ccncc2)n1-c1ccccc1. The van der Waals surface area contributed by atoms with Crippen molar-refractivity contribution in [1.29, 1.82) is 0 Å². The molecule has 0 bridgehead atoms. The highest BCUT2D eigenvalue weighted by Gasteiger charge is 2.18. The molecular weight excluding hydrogens is 418 g/mol. The molecule has 7 heteroatoms. The third-order valence-corrected chi connectivity index (χ3v) is 6.23.